The van der Waals surface area contributed by atoms with Gasteiger partial charge >= 0.3 is 0 Å². The molecule has 1 aliphatic carbocycles. The molecule has 8 heteroatoms. The molecule has 25 heavy (non-hydrogen) atoms. The number of rotatable bonds is 5. The molecule has 1 saturated heterocycles. The summed E-state index contributed by atoms with van der Waals surface area (Å²) in [5.74, 6) is -0.310. The number of sulfonamides is 1. The predicted molar refractivity (Wildman–Crippen MR) is 91.8 cm³/mol. The van der Waals surface area contributed by atoms with Gasteiger partial charge in [0.2, 0.25) is 10.0 Å². The zero-order chi connectivity index (χ0) is 17.9. The van der Waals surface area contributed by atoms with Gasteiger partial charge in [0.1, 0.15) is 0 Å². The highest BCUT2D eigenvalue weighted by molar-refractivity contribution is 7.89. The van der Waals surface area contributed by atoms with Crippen molar-refractivity contribution < 1.29 is 23.1 Å². The third-order valence-electron chi connectivity index (χ3n) is 4.84. The Morgan fingerprint density at radius 1 is 1.16 bits per heavy atom. The van der Waals surface area contributed by atoms with Gasteiger partial charge in [-0.05, 0) is 37.1 Å². The van der Waals surface area contributed by atoms with Gasteiger partial charge in [-0.25, -0.2) is 8.42 Å². The lowest BCUT2D eigenvalue weighted by Crippen LogP contribution is -2.41. The van der Waals surface area contributed by atoms with Crippen molar-refractivity contribution in [1.82, 2.24) is 9.62 Å². The Kier molecular flexibility index (Phi) is 5.43. The smallest absolute Gasteiger partial charge is 0.251 e. The first-order chi connectivity index (χ1) is 11.9. The van der Waals surface area contributed by atoms with Crippen molar-refractivity contribution in [3.05, 3.63) is 29.8 Å². The highest BCUT2D eigenvalue weighted by atomic mass is 32.2. The lowest BCUT2D eigenvalue weighted by Gasteiger charge is -2.26. The summed E-state index contributed by atoms with van der Waals surface area (Å²) in [6, 6.07) is 5.90. The van der Waals surface area contributed by atoms with Crippen molar-refractivity contribution in [3.63, 3.8) is 0 Å². The maximum atomic E-state index is 12.5. The van der Waals surface area contributed by atoms with Crippen molar-refractivity contribution in [2.75, 3.05) is 32.8 Å². The molecular weight excluding hydrogens is 344 g/mol. The zero-order valence-electron chi connectivity index (χ0n) is 14.1. The van der Waals surface area contributed by atoms with Crippen LogP contribution in [-0.2, 0) is 14.8 Å². The first kappa shape index (κ1) is 18.3. The van der Waals surface area contributed by atoms with Crippen LogP contribution < -0.4 is 5.32 Å². The van der Waals surface area contributed by atoms with Crippen LogP contribution in [0.5, 0.6) is 0 Å². The summed E-state index contributed by atoms with van der Waals surface area (Å²) in [6.45, 7) is 1.68. The number of hydrogen-bond acceptors (Lipinski definition) is 5. The summed E-state index contributed by atoms with van der Waals surface area (Å²) in [5.41, 5.74) is -0.433. The lowest BCUT2D eigenvalue weighted by atomic mass is 10.0. The maximum absolute atomic E-state index is 12.5. The van der Waals surface area contributed by atoms with Crippen molar-refractivity contribution >= 4 is 15.9 Å². The van der Waals surface area contributed by atoms with E-state index in [-0.39, 0.29) is 17.3 Å². The van der Waals surface area contributed by atoms with Gasteiger partial charge in [-0.1, -0.05) is 12.8 Å². The summed E-state index contributed by atoms with van der Waals surface area (Å²) >= 11 is 0. The second-order valence-electron chi connectivity index (χ2n) is 6.65. The molecule has 1 aromatic rings. The number of nitrogens with zero attached hydrogens (tertiary/aromatic N) is 1. The van der Waals surface area contributed by atoms with Crippen LogP contribution in [0.25, 0.3) is 0 Å². The molecule has 1 saturated carbocycles. The van der Waals surface area contributed by atoms with E-state index in [0.717, 1.165) is 12.8 Å². The minimum absolute atomic E-state index is 0.167. The van der Waals surface area contributed by atoms with Gasteiger partial charge in [-0.3, -0.25) is 4.79 Å². The van der Waals surface area contributed by atoms with Crippen LogP contribution in [0.3, 0.4) is 0 Å². The van der Waals surface area contributed by atoms with Gasteiger partial charge in [-0.2, -0.15) is 4.31 Å². The molecule has 2 N–H and O–H groups in total. The molecule has 1 aliphatic heterocycles. The molecule has 2 aliphatic rings. The lowest BCUT2D eigenvalue weighted by molar-refractivity contribution is 0.0449. The molecule has 1 aromatic carbocycles. The molecule has 2 fully saturated rings. The van der Waals surface area contributed by atoms with Crippen molar-refractivity contribution in [1.29, 1.82) is 0 Å². The molecule has 0 aromatic heterocycles. The third-order valence-corrected chi connectivity index (χ3v) is 6.75. The molecule has 0 spiro atoms. The standard InChI is InChI=1S/C17H24N2O5S/c20-16(18-13-17(21)7-1-2-8-17)14-3-5-15(6-4-14)25(22,23)19-9-11-24-12-10-19/h3-6,21H,1-2,7-13H2,(H,18,20). The van der Waals surface area contributed by atoms with E-state index in [9.17, 15) is 18.3 Å². The predicted octanol–water partition coefficient (Wildman–Crippen LogP) is 0.742. The number of carbonyl (C=O) groups is 1. The minimum atomic E-state index is -3.56. The zero-order valence-corrected chi connectivity index (χ0v) is 14.9. The monoisotopic (exact) mass is 368 g/mol. The number of carbonyl (C=O) groups excluding carboxylic acids is 1. The quantitative estimate of drug-likeness (QED) is 0.799. The molecule has 1 heterocycles. The van der Waals surface area contributed by atoms with E-state index in [1.807, 2.05) is 0 Å². The van der Waals surface area contributed by atoms with E-state index in [4.69, 9.17) is 4.74 Å². The topological polar surface area (TPSA) is 95.9 Å². The van der Waals surface area contributed by atoms with Crippen LogP contribution in [0.1, 0.15) is 36.0 Å². The molecule has 0 radical (unpaired) electrons. The van der Waals surface area contributed by atoms with Gasteiger partial charge in [0.15, 0.2) is 0 Å². The molecule has 138 valence electrons. The first-order valence-electron chi connectivity index (χ1n) is 8.59. The minimum Gasteiger partial charge on any atom is -0.388 e. The first-order valence-corrected chi connectivity index (χ1v) is 10.0. The summed E-state index contributed by atoms with van der Waals surface area (Å²) in [5, 5.41) is 13.0. The van der Waals surface area contributed by atoms with Gasteiger partial charge in [-0.15, -0.1) is 0 Å². The van der Waals surface area contributed by atoms with Crippen LogP contribution in [0.2, 0.25) is 0 Å². The third kappa shape index (κ3) is 4.20. The Morgan fingerprint density at radius 3 is 2.36 bits per heavy atom. The average molecular weight is 368 g/mol. The maximum Gasteiger partial charge on any atom is 0.251 e. The second kappa shape index (κ2) is 7.41. The molecular formula is C17H24N2O5S. The number of morpholine rings is 1. The molecule has 1 amide bonds. The Balaban J connectivity index is 1.64. The molecule has 0 atom stereocenters. The van der Waals surface area contributed by atoms with Gasteiger partial charge in [0.25, 0.3) is 5.91 Å². The van der Waals surface area contributed by atoms with Gasteiger partial charge in [0.05, 0.1) is 23.7 Å². The van der Waals surface area contributed by atoms with E-state index in [0.29, 0.717) is 44.7 Å². The summed E-state index contributed by atoms with van der Waals surface area (Å²) in [7, 11) is -3.56. The van der Waals surface area contributed by atoms with Crippen molar-refractivity contribution in [2.45, 2.75) is 36.2 Å². The van der Waals surface area contributed by atoms with Crippen molar-refractivity contribution in [2.24, 2.45) is 0 Å². The molecule has 0 bridgehead atoms. The van der Waals surface area contributed by atoms with Crippen LogP contribution in [0.4, 0.5) is 0 Å². The number of benzene rings is 1. The van der Waals surface area contributed by atoms with Gasteiger partial charge < -0.3 is 15.2 Å². The second-order valence-corrected chi connectivity index (χ2v) is 8.59. The van der Waals surface area contributed by atoms with E-state index in [1.54, 1.807) is 0 Å². The Labute approximate surface area is 148 Å². The summed E-state index contributed by atoms with van der Waals surface area (Å²) in [6.07, 6.45) is 3.34. The number of ether oxygens (including phenoxy) is 1. The average Bonchev–Trinajstić information content (AvgIpc) is 3.07. The van der Waals surface area contributed by atoms with Crippen LogP contribution >= 0.6 is 0 Å². The Morgan fingerprint density at radius 2 is 1.76 bits per heavy atom. The number of hydrogen-bond donors (Lipinski definition) is 2. The van der Waals surface area contributed by atoms with E-state index in [1.165, 1.54) is 28.6 Å². The van der Waals surface area contributed by atoms with Gasteiger partial charge in [0, 0.05) is 25.2 Å². The number of amides is 1. The fraction of sp³-hybridized carbons (Fsp3) is 0.588. The molecule has 3 rings (SSSR count). The number of aliphatic hydroxyl groups is 1. The fourth-order valence-corrected chi connectivity index (χ4v) is 4.68. The highest BCUT2D eigenvalue weighted by Crippen LogP contribution is 2.28. The van der Waals surface area contributed by atoms with E-state index in [2.05, 4.69) is 5.32 Å². The fourth-order valence-electron chi connectivity index (χ4n) is 3.27. The highest BCUT2D eigenvalue weighted by Gasteiger charge is 2.31. The molecule has 0 unspecified atom stereocenters. The summed E-state index contributed by atoms with van der Waals surface area (Å²) in [4.78, 5) is 12.4. The van der Waals surface area contributed by atoms with E-state index >= 15 is 0 Å². The van der Waals surface area contributed by atoms with Crippen LogP contribution in [0.15, 0.2) is 29.2 Å². The Bertz CT molecular complexity index is 705. The van der Waals surface area contributed by atoms with Crippen molar-refractivity contribution in [3.8, 4) is 0 Å². The normalized spacial score (nSPS) is 21.2. The van der Waals surface area contributed by atoms with E-state index < -0.39 is 15.6 Å². The SMILES string of the molecule is O=C(NCC1(O)CCCC1)c1ccc(S(=O)(=O)N2CCOCC2)cc1. The summed E-state index contributed by atoms with van der Waals surface area (Å²) < 4.78 is 31.7. The molecule has 7 nitrogen and oxygen atoms in total. The number of nitrogens with one attached hydrogen (secondary N) is 1. The van der Waals surface area contributed by atoms with Crippen LogP contribution in [0, 0.1) is 0 Å². The largest absolute Gasteiger partial charge is 0.388 e. The van der Waals surface area contributed by atoms with Crippen LogP contribution in [-0.4, -0.2) is 62.2 Å². The Hall–Kier alpha value is -1.48.